The molecule has 0 radical (unpaired) electrons. The van der Waals surface area contributed by atoms with Crippen molar-refractivity contribution < 1.29 is 9.90 Å². The molecule has 4 nitrogen and oxygen atoms in total. The molecule has 0 saturated heterocycles. The second-order valence-electron chi connectivity index (χ2n) is 3.10. The quantitative estimate of drug-likeness (QED) is 0.583. The third-order valence-electron chi connectivity index (χ3n) is 1.90. The molecule has 0 unspecified atom stereocenters. The first-order valence-corrected chi connectivity index (χ1v) is 4.76. The number of benzene rings is 1. The minimum atomic E-state index is -0.226. The molecule has 15 heavy (non-hydrogen) atoms. The molecule has 0 aliphatic heterocycles. The minimum Gasteiger partial charge on any atom is -0.507 e. The third kappa shape index (κ3) is 3.09. The van der Waals surface area contributed by atoms with Crippen LogP contribution in [0.25, 0.3) is 0 Å². The van der Waals surface area contributed by atoms with Crippen molar-refractivity contribution in [2.75, 3.05) is 0 Å². The molecule has 0 fully saturated rings. The molecular weight excluding hydrogens is 192 g/mol. The highest BCUT2D eigenvalue weighted by atomic mass is 16.3. The Kier molecular flexibility index (Phi) is 3.85. The lowest BCUT2D eigenvalue weighted by molar-refractivity contribution is -0.118. The molecule has 4 heteroatoms. The summed E-state index contributed by atoms with van der Waals surface area (Å²) in [6.07, 6.45) is 0.637. The molecule has 1 aromatic rings. The number of hydrazone groups is 1. The van der Waals surface area contributed by atoms with Gasteiger partial charge in [0.05, 0.1) is 5.71 Å². The molecule has 0 bridgehead atoms. The number of phenols is 1. The summed E-state index contributed by atoms with van der Waals surface area (Å²) < 4.78 is 0. The Balaban J connectivity index is 2.97. The average molecular weight is 206 g/mol. The van der Waals surface area contributed by atoms with Crippen molar-refractivity contribution >= 4 is 11.6 Å². The van der Waals surface area contributed by atoms with Crippen molar-refractivity contribution in [1.29, 1.82) is 0 Å². The van der Waals surface area contributed by atoms with Crippen LogP contribution in [0.2, 0.25) is 0 Å². The topological polar surface area (TPSA) is 61.7 Å². The van der Waals surface area contributed by atoms with Crippen LogP contribution in [0.15, 0.2) is 29.4 Å². The zero-order valence-electron chi connectivity index (χ0n) is 8.82. The molecule has 2 N–H and O–H groups in total. The van der Waals surface area contributed by atoms with Crippen molar-refractivity contribution in [3.8, 4) is 5.75 Å². The Morgan fingerprint density at radius 3 is 2.67 bits per heavy atom. The number of hydrogen-bond acceptors (Lipinski definition) is 3. The average Bonchev–Trinajstić information content (AvgIpc) is 2.21. The summed E-state index contributed by atoms with van der Waals surface area (Å²) in [5.74, 6) is -0.0557. The van der Waals surface area contributed by atoms with Crippen molar-refractivity contribution in [2.24, 2.45) is 5.10 Å². The van der Waals surface area contributed by atoms with E-state index in [1.165, 1.54) is 6.92 Å². The highest BCUT2D eigenvalue weighted by molar-refractivity contribution is 6.02. The van der Waals surface area contributed by atoms with Gasteiger partial charge in [-0.15, -0.1) is 0 Å². The SMILES string of the molecule is CC/C(=N\NC(C)=O)c1ccccc1O. The molecule has 1 aromatic carbocycles. The van der Waals surface area contributed by atoms with E-state index in [2.05, 4.69) is 10.5 Å². The lowest BCUT2D eigenvalue weighted by atomic mass is 10.1. The van der Waals surface area contributed by atoms with Gasteiger partial charge in [0.2, 0.25) is 5.91 Å². The number of para-hydroxylation sites is 1. The fraction of sp³-hybridized carbons (Fsp3) is 0.273. The molecule has 80 valence electrons. The maximum Gasteiger partial charge on any atom is 0.236 e. The first kappa shape index (κ1) is 11.2. The van der Waals surface area contributed by atoms with Gasteiger partial charge in [0.25, 0.3) is 0 Å². The predicted molar refractivity (Wildman–Crippen MR) is 58.8 cm³/mol. The van der Waals surface area contributed by atoms with E-state index in [1.54, 1.807) is 18.2 Å². The Morgan fingerprint density at radius 1 is 1.47 bits per heavy atom. The molecule has 0 spiro atoms. The van der Waals surface area contributed by atoms with E-state index in [9.17, 15) is 9.90 Å². The maximum absolute atomic E-state index is 10.7. The van der Waals surface area contributed by atoms with E-state index in [1.807, 2.05) is 13.0 Å². The normalized spacial score (nSPS) is 11.2. The second kappa shape index (κ2) is 5.14. The van der Waals surface area contributed by atoms with Crippen LogP contribution in [-0.4, -0.2) is 16.7 Å². The van der Waals surface area contributed by atoms with Gasteiger partial charge in [0, 0.05) is 12.5 Å². The molecule has 1 amide bonds. The molecule has 0 aliphatic rings. The van der Waals surface area contributed by atoms with Crippen LogP contribution in [0, 0.1) is 0 Å². The monoisotopic (exact) mass is 206 g/mol. The molecule has 0 aromatic heterocycles. The summed E-state index contributed by atoms with van der Waals surface area (Å²) in [5.41, 5.74) is 3.66. The van der Waals surface area contributed by atoms with Crippen LogP contribution < -0.4 is 5.43 Å². The zero-order valence-corrected chi connectivity index (χ0v) is 8.82. The van der Waals surface area contributed by atoms with Crippen LogP contribution in [0.4, 0.5) is 0 Å². The summed E-state index contributed by atoms with van der Waals surface area (Å²) in [6, 6.07) is 6.91. The Bertz CT molecular complexity index is 386. The number of rotatable bonds is 3. The van der Waals surface area contributed by atoms with Gasteiger partial charge in [-0.05, 0) is 18.6 Å². The van der Waals surface area contributed by atoms with Crippen molar-refractivity contribution in [3.05, 3.63) is 29.8 Å². The zero-order chi connectivity index (χ0) is 11.3. The first-order chi connectivity index (χ1) is 7.15. The smallest absolute Gasteiger partial charge is 0.236 e. The molecule has 1 rings (SSSR count). The van der Waals surface area contributed by atoms with Gasteiger partial charge in [-0.3, -0.25) is 4.79 Å². The standard InChI is InChI=1S/C11H14N2O2/c1-3-10(13-12-8(2)14)9-6-4-5-7-11(9)15/h4-7,15H,3H2,1-2H3,(H,12,14)/b13-10+. The van der Waals surface area contributed by atoms with E-state index < -0.39 is 0 Å². The summed E-state index contributed by atoms with van der Waals surface area (Å²) in [7, 11) is 0. The molecule has 0 heterocycles. The fourth-order valence-electron chi connectivity index (χ4n) is 1.19. The molecule has 0 saturated carbocycles. The van der Waals surface area contributed by atoms with E-state index >= 15 is 0 Å². The highest BCUT2D eigenvalue weighted by Crippen LogP contribution is 2.17. The van der Waals surface area contributed by atoms with E-state index in [4.69, 9.17) is 0 Å². The van der Waals surface area contributed by atoms with Gasteiger partial charge in [0.1, 0.15) is 5.75 Å². The van der Waals surface area contributed by atoms with Gasteiger partial charge < -0.3 is 5.11 Å². The molecule has 0 aliphatic carbocycles. The van der Waals surface area contributed by atoms with Crippen molar-refractivity contribution in [1.82, 2.24) is 5.43 Å². The Labute approximate surface area is 88.6 Å². The lowest BCUT2D eigenvalue weighted by Crippen LogP contribution is -2.16. The van der Waals surface area contributed by atoms with Gasteiger partial charge in [-0.1, -0.05) is 19.1 Å². The van der Waals surface area contributed by atoms with Gasteiger partial charge >= 0.3 is 0 Å². The van der Waals surface area contributed by atoms with Crippen LogP contribution in [-0.2, 0) is 4.79 Å². The second-order valence-corrected chi connectivity index (χ2v) is 3.10. The number of nitrogens with zero attached hydrogens (tertiary/aromatic N) is 1. The summed E-state index contributed by atoms with van der Waals surface area (Å²) in [4.78, 5) is 10.7. The first-order valence-electron chi connectivity index (χ1n) is 4.76. The number of carbonyl (C=O) groups is 1. The number of hydrogen-bond donors (Lipinski definition) is 2. The van der Waals surface area contributed by atoms with E-state index in [0.717, 1.165) is 0 Å². The van der Waals surface area contributed by atoms with Crippen LogP contribution in [0.5, 0.6) is 5.75 Å². The summed E-state index contributed by atoms with van der Waals surface area (Å²) in [5, 5.41) is 13.5. The van der Waals surface area contributed by atoms with E-state index in [-0.39, 0.29) is 11.7 Å². The van der Waals surface area contributed by atoms with Crippen molar-refractivity contribution in [2.45, 2.75) is 20.3 Å². The maximum atomic E-state index is 10.7. The third-order valence-corrected chi connectivity index (χ3v) is 1.90. The Hall–Kier alpha value is -1.84. The highest BCUT2D eigenvalue weighted by Gasteiger charge is 2.06. The molecular formula is C11H14N2O2. The van der Waals surface area contributed by atoms with Gasteiger partial charge in [-0.25, -0.2) is 5.43 Å². The summed E-state index contributed by atoms with van der Waals surface area (Å²) in [6.45, 7) is 3.30. The predicted octanol–water partition coefficient (Wildman–Crippen LogP) is 1.64. The number of aromatic hydroxyl groups is 1. The summed E-state index contributed by atoms with van der Waals surface area (Å²) >= 11 is 0. The number of phenolic OH excluding ortho intramolecular Hbond substituents is 1. The van der Waals surface area contributed by atoms with Gasteiger partial charge in [0.15, 0.2) is 0 Å². The lowest BCUT2D eigenvalue weighted by Gasteiger charge is -2.05. The number of amides is 1. The Morgan fingerprint density at radius 2 is 2.13 bits per heavy atom. The van der Waals surface area contributed by atoms with Crippen LogP contribution in [0.1, 0.15) is 25.8 Å². The van der Waals surface area contributed by atoms with Crippen LogP contribution in [0.3, 0.4) is 0 Å². The minimum absolute atomic E-state index is 0.170. The van der Waals surface area contributed by atoms with Gasteiger partial charge in [-0.2, -0.15) is 5.10 Å². The number of carbonyl (C=O) groups excluding carboxylic acids is 1. The number of nitrogens with one attached hydrogen (secondary N) is 1. The van der Waals surface area contributed by atoms with Crippen molar-refractivity contribution in [3.63, 3.8) is 0 Å². The van der Waals surface area contributed by atoms with E-state index in [0.29, 0.717) is 17.7 Å². The fourth-order valence-corrected chi connectivity index (χ4v) is 1.19. The van der Waals surface area contributed by atoms with Crippen LogP contribution >= 0.6 is 0 Å². The molecule has 0 atom stereocenters. The largest absolute Gasteiger partial charge is 0.507 e.